The molecule has 0 aliphatic carbocycles. The first-order chi connectivity index (χ1) is 12.7. The quantitative estimate of drug-likeness (QED) is 0.764. The lowest BCUT2D eigenvalue weighted by atomic mass is 9.93. The Morgan fingerprint density at radius 1 is 1.12 bits per heavy atom. The molecular weight excluding hydrogens is 346 g/mol. The number of rotatable bonds is 7. The molecule has 5 heteroatoms. The van der Waals surface area contributed by atoms with E-state index < -0.39 is 0 Å². The normalized spacial score (nSPS) is 20.2. The first-order valence-electron chi connectivity index (χ1n) is 10.1. The van der Waals surface area contributed by atoms with Crippen molar-refractivity contribution in [2.24, 2.45) is 11.8 Å². The SMILES string of the molecule is O=C(CCC1CCNCC1)NCC1CCN(Cc2ccccc2Cl)CC1. The summed E-state index contributed by atoms with van der Waals surface area (Å²) in [5.41, 5.74) is 1.21. The van der Waals surface area contributed by atoms with E-state index in [2.05, 4.69) is 21.6 Å². The van der Waals surface area contributed by atoms with Crippen molar-refractivity contribution in [1.29, 1.82) is 0 Å². The van der Waals surface area contributed by atoms with E-state index in [0.717, 1.165) is 69.5 Å². The maximum Gasteiger partial charge on any atom is 0.220 e. The third-order valence-corrected chi connectivity index (χ3v) is 6.25. The molecule has 1 aromatic rings. The number of carbonyl (C=O) groups excluding carboxylic acids is 1. The number of piperidine rings is 2. The number of amides is 1. The number of carbonyl (C=O) groups is 1. The van der Waals surface area contributed by atoms with Crippen molar-refractivity contribution in [3.63, 3.8) is 0 Å². The van der Waals surface area contributed by atoms with E-state index in [-0.39, 0.29) is 5.91 Å². The van der Waals surface area contributed by atoms with E-state index in [1.165, 1.54) is 18.4 Å². The van der Waals surface area contributed by atoms with Gasteiger partial charge in [-0.15, -0.1) is 0 Å². The molecule has 2 saturated heterocycles. The summed E-state index contributed by atoms with van der Waals surface area (Å²) in [4.78, 5) is 14.6. The van der Waals surface area contributed by atoms with Crippen LogP contribution in [0.2, 0.25) is 5.02 Å². The Labute approximate surface area is 162 Å². The Hall–Kier alpha value is -1.10. The van der Waals surface area contributed by atoms with Crippen LogP contribution in [0, 0.1) is 11.8 Å². The molecule has 4 nitrogen and oxygen atoms in total. The summed E-state index contributed by atoms with van der Waals surface area (Å²) < 4.78 is 0. The molecule has 0 saturated carbocycles. The number of halogens is 1. The first kappa shape index (κ1) is 19.7. The summed E-state index contributed by atoms with van der Waals surface area (Å²) in [6, 6.07) is 8.10. The molecule has 2 aliphatic rings. The average molecular weight is 378 g/mol. The van der Waals surface area contributed by atoms with Gasteiger partial charge in [0.1, 0.15) is 0 Å². The predicted octanol–water partition coefficient (Wildman–Crippen LogP) is 3.45. The topological polar surface area (TPSA) is 44.4 Å². The maximum atomic E-state index is 12.1. The molecule has 26 heavy (non-hydrogen) atoms. The van der Waals surface area contributed by atoms with Gasteiger partial charge in [0, 0.05) is 24.5 Å². The van der Waals surface area contributed by atoms with Crippen LogP contribution in [0.3, 0.4) is 0 Å². The molecule has 2 N–H and O–H groups in total. The van der Waals surface area contributed by atoms with Crippen LogP contribution >= 0.6 is 11.6 Å². The smallest absolute Gasteiger partial charge is 0.220 e. The molecule has 0 aromatic heterocycles. The highest BCUT2D eigenvalue weighted by Crippen LogP contribution is 2.22. The Kier molecular flexibility index (Phi) is 7.78. The Morgan fingerprint density at radius 3 is 2.58 bits per heavy atom. The van der Waals surface area contributed by atoms with Crippen molar-refractivity contribution in [2.75, 3.05) is 32.7 Å². The lowest BCUT2D eigenvalue weighted by Crippen LogP contribution is -2.38. The van der Waals surface area contributed by atoms with Gasteiger partial charge in [0.15, 0.2) is 0 Å². The molecule has 0 spiro atoms. The van der Waals surface area contributed by atoms with Gasteiger partial charge in [0.2, 0.25) is 5.91 Å². The van der Waals surface area contributed by atoms with E-state index in [1.54, 1.807) is 0 Å². The second-order valence-corrected chi connectivity index (χ2v) is 8.25. The third kappa shape index (κ3) is 6.26. The standard InChI is InChI=1S/C21H32ClN3O/c22-20-4-2-1-3-19(20)16-25-13-9-18(10-14-25)15-24-21(26)6-5-17-7-11-23-12-8-17/h1-4,17-18,23H,5-16H2,(H,24,26). The van der Waals surface area contributed by atoms with Crippen LogP contribution in [-0.2, 0) is 11.3 Å². The monoisotopic (exact) mass is 377 g/mol. The second kappa shape index (κ2) is 10.3. The zero-order valence-corrected chi connectivity index (χ0v) is 16.4. The summed E-state index contributed by atoms with van der Waals surface area (Å²) in [5.74, 6) is 1.58. The van der Waals surface area contributed by atoms with E-state index in [0.29, 0.717) is 12.3 Å². The zero-order chi connectivity index (χ0) is 18.2. The van der Waals surface area contributed by atoms with Crippen LogP contribution in [0.4, 0.5) is 0 Å². The summed E-state index contributed by atoms with van der Waals surface area (Å²) in [6.45, 7) is 6.15. The van der Waals surface area contributed by atoms with Crippen molar-refractivity contribution in [3.05, 3.63) is 34.9 Å². The van der Waals surface area contributed by atoms with Crippen LogP contribution in [0.1, 0.15) is 44.1 Å². The van der Waals surface area contributed by atoms with Crippen LogP contribution in [-0.4, -0.2) is 43.5 Å². The highest BCUT2D eigenvalue weighted by Gasteiger charge is 2.20. The van der Waals surface area contributed by atoms with E-state index in [1.807, 2.05) is 18.2 Å². The lowest BCUT2D eigenvalue weighted by Gasteiger charge is -2.32. The van der Waals surface area contributed by atoms with Crippen molar-refractivity contribution in [2.45, 2.75) is 45.1 Å². The van der Waals surface area contributed by atoms with Gasteiger partial charge in [0.25, 0.3) is 0 Å². The largest absolute Gasteiger partial charge is 0.356 e. The maximum absolute atomic E-state index is 12.1. The minimum absolute atomic E-state index is 0.238. The van der Waals surface area contributed by atoms with Gasteiger partial charge >= 0.3 is 0 Å². The van der Waals surface area contributed by atoms with Gasteiger partial charge in [-0.05, 0) is 81.7 Å². The van der Waals surface area contributed by atoms with Crippen molar-refractivity contribution in [1.82, 2.24) is 15.5 Å². The van der Waals surface area contributed by atoms with Gasteiger partial charge < -0.3 is 10.6 Å². The van der Waals surface area contributed by atoms with Crippen molar-refractivity contribution >= 4 is 17.5 Å². The van der Waals surface area contributed by atoms with Crippen molar-refractivity contribution in [3.8, 4) is 0 Å². The minimum Gasteiger partial charge on any atom is -0.356 e. The number of likely N-dealkylation sites (tertiary alicyclic amines) is 1. The van der Waals surface area contributed by atoms with E-state index in [4.69, 9.17) is 11.6 Å². The zero-order valence-electron chi connectivity index (χ0n) is 15.7. The average Bonchev–Trinajstić information content (AvgIpc) is 2.68. The highest BCUT2D eigenvalue weighted by molar-refractivity contribution is 6.31. The number of benzene rings is 1. The number of hydrogen-bond donors (Lipinski definition) is 2. The molecule has 1 aromatic carbocycles. The molecule has 144 valence electrons. The summed E-state index contributed by atoms with van der Waals surface area (Å²) in [5, 5.41) is 7.41. The van der Waals surface area contributed by atoms with Crippen LogP contribution in [0.25, 0.3) is 0 Å². The van der Waals surface area contributed by atoms with Crippen LogP contribution in [0.15, 0.2) is 24.3 Å². The van der Waals surface area contributed by atoms with Crippen LogP contribution in [0.5, 0.6) is 0 Å². The summed E-state index contributed by atoms with van der Waals surface area (Å²) >= 11 is 6.26. The second-order valence-electron chi connectivity index (χ2n) is 7.85. The minimum atomic E-state index is 0.238. The fourth-order valence-corrected chi connectivity index (χ4v) is 4.26. The number of nitrogens with one attached hydrogen (secondary N) is 2. The first-order valence-corrected chi connectivity index (χ1v) is 10.5. The fourth-order valence-electron chi connectivity index (χ4n) is 4.07. The van der Waals surface area contributed by atoms with Crippen LogP contribution < -0.4 is 10.6 Å². The molecule has 3 rings (SSSR count). The highest BCUT2D eigenvalue weighted by atomic mass is 35.5. The third-order valence-electron chi connectivity index (χ3n) is 5.89. The molecular formula is C21H32ClN3O. The molecule has 0 unspecified atom stereocenters. The van der Waals surface area contributed by atoms with Gasteiger partial charge in [-0.3, -0.25) is 9.69 Å². The summed E-state index contributed by atoms with van der Waals surface area (Å²) in [6.07, 6.45) is 6.48. The fraction of sp³-hybridized carbons (Fsp3) is 0.667. The molecule has 2 aliphatic heterocycles. The number of nitrogens with zero attached hydrogens (tertiary/aromatic N) is 1. The molecule has 2 heterocycles. The Balaban J connectivity index is 1.30. The molecule has 0 radical (unpaired) electrons. The molecule has 2 fully saturated rings. The van der Waals surface area contributed by atoms with Crippen molar-refractivity contribution < 1.29 is 4.79 Å². The van der Waals surface area contributed by atoms with Gasteiger partial charge in [-0.25, -0.2) is 0 Å². The molecule has 1 amide bonds. The number of hydrogen-bond acceptors (Lipinski definition) is 3. The van der Waals surface area contributed by atoms with Gasteiger partial charge in [-0.2, -0.15) is 0 Å². The Morgan fingerprint density at radius 2 is 1.85 bits per heavy atom. The van der Waals surface area contributed by atoms with E-state index in [9.17, 15) is 4.79 Å². The lowest BCUT2D eigenvalue weighted by molar-refractivity contribution is -0.121. The Bertz CT molecular complexity index is 566. The predicted molar refractivity (Wildman–Crippen MR) is 107 cm³/mol. The van der Waals surface area contributed by atoms with Gasteiger partial charge in [-0.1, -0.05) is 29.8 Å². The van der Waals surface area contributed by atoms with Gasteiger partial charge in [0.05, 0.1) is 0 Å². The molecule has 0 atom stereocenters. The molecule has 0 bridgehead atoms. The van der Waals surface area contributed by atoms with E-state index >= 15 is 0 Å². The summed E-state index contributed by atoms with van der Waals surface area (Å²) in [7, 11) is 0.